The summed E-state index contributed by atoms with van der Waals surface area (Å²) in [5, 5.41) is 3.82. The molecule has 1 saturated heterocycles. The number of esters is 1. The molecule has 7 nitrogen and oxygen atoms in total. The molecule has 3 heterocycles. The molecule has 1 aromatic carbocycles. The Hall–Kier alpha value is -3.48. The molecule has 0 spiro atoms. The van der Waals surface area contributed by atoms with Crippen molar-refractivity contribution in [1.29, 1.82) is 0 Å². The normalized spacial score (nSPS) is 16.2. The molecular formula is C24H26N4O3. The highest BCUT2D eigenvalue weighted by molar-refractivity contribution is 6.05. The van der Waals surface area contributed by atoms with E-state index in [1.54, 1.807) is 19.2 Å². The van der Waals surface area contributed by atoms with Gasteiger partial charge in [-0.1, -0.05) is 24.3 Å². The second-order valence-electron chi connectivity index (χ2n) is 7.70. The zero-order chi connectivity index (χ0) is 21.8. The van der Waals surface area contributed by atoms with Gasteiger partial charge in [0, 0.05) is 30.4 Å². The summed E-state index contributed by atoms with van der Waals surface area (Å²) in [5.74, 6) is -0.105. The van der Waals surface area contributed by atoms with Gasteiger partial charge in [-0.15, -0.1) is 0 Å². The van der Waals surface area contributed by atoms with Crippen LogP contribution >= 0.6 is 0 Å². The standard InChI is InChI=1S/C24H26N4O3/c1-3-31-24(30)19-14-25-20-11-5-4-10-18(20)22(19)28-13-7-9-17(15-28)23(29)27-21-12-6-8-16(2)26-21/h4-6,8,10-12,14,17H,3,7,9,13,15H2,1-2H3,(H,26,27,29). The zero-order valence-corrected chi connectivity index (χ0v) is 17.8. The first-order valence-corrected chi connectivity index (χ1v) is 10.6. The Morgan fingerprint density at radius 3 is 2.84 bits per heavy atom. The molecule has 160 valence electrons. The van der Waals surface area contributed by atoms with Crippen LogP contribution < -0.4 is 10.2 Å². The summed E-state index contributed by atoms with van der Waals surface area (Å²) >= 11 is 0. The topological polar surface area (TPSA) is 84.4 Å². The van der Waals surface area contributed by atoms with E-state index >= 15 is 0 Å². The molecule has 2 aromatic heterocycles. The number of rotatable bonds is 5. The molecule has 1 N–H and O–H groups in total. The first-order valence-electron chi connectivity index (χ1n) is 10.6. The molecule has 1 fully saturated rings. The van der Waals surface area contributed by atoms with Crippen LogP contribution in [0.2, 0.25) is 0 Å². The van der Waals surface area contributed by atoms with Gasteiger partial charge >= 0.3 is 5.97 Å². The third-order valence-electron chi connectivity index (χ3n) is 5.49. The predicted molar refractivity (Wildman–Crippen MR) is 120 cm³/mol. The van der Waals surface area contributed by atoms with Gasteiger partial charge in [-0.2, -0.15) is 0 Å². The van der Waals surface area contributed by atoms with E-state index in [0.29, 0.717) is 24.5 Å². The summed E-state index contributed by atoms with van der Waals surface area (Å²) in [4.78, 5) is 36.6. The van der Waals surface area contributed by atoms with Gasteiger partial charge in [0.1, 0.15) is 11.4 Å². The summed E-state index contributed by atoms with van der Waals surface area (Å²) < 4.78 is 5.28. The van der Waals surface area contributed by atoms with Crippen LogP contribution in [0, 0.1) is 12.8 Å². The van der Waals surface area contributed by atoms with Gasteiger partial charge in [-0.3, -0.25) is 9.78 Å². The van der Waals surface area contributed by atoms with Crippen LogP contribution in [0.1, 0.15) is 35.8 Å². The highest BCUT2D eigenvalue weighted by Gasteiger charge is 2.30. The van der Waals surface area contributed by atoms with Gasteiger partial charge in [-0.05, 0) is 44.9 Å². The van der Waals surface area contributed by atoms with Crippen LogP contribution in [-0.4, -0.2) is 41.5 Å². The largest absolute Gasteiger partial charge is 0.462 e. The lowest BCUT2D eigenvalue weighted by Crippen LogP contribution is -2.41. The molecule has 1 aliphatic heterocycles. The number of ether oxygens (including phenoxy) is 1. The number of benzene rings is 1. The smallest absolute Gasteiger partial charge is 0.341 e. The van der Waals surface area contributed by atoms with Crippen LogP contribution in [0.3, 0.4) is 0 Å². The molecule has 4 rings (SSSR count). The van der Waals surface area contributed by atoms with Crippen molar-refractivity contribution in [3.05, 3.63) is 59.9 Å². The average Bonchev–Trinajstić information content (AvgIpc) is 2.78. The number of carbonyl (C=O) groups excluding carboxylic acids is 2. The number of para-hydroxylation sites is 1. The number of aromatic nitrogens is 2. The quantitative estimate of drug-likeness (QED) is 0.631. The van der Waals surface area contributed by atoms with Crippen LogP contribution in [-0.2, 0) is 9.53 Å². The molecular weight excluding hydrogens is 392 g/mol. The van der Waals surface area contributed by atoms with Crippen molar-refractivity contribution >= 4 is 34.3 Å². The molecule has 1 unspecified atom stereocenters. The van der Waals surface area contributed by atoms with Gasteiger partial charge in [0.05, 0.1) is 23.7 Å². The number of hydrogen-bond donors (Lipinski definition) is 1. The lowest BCUT2D eigenvalue weighted by molar-refractivity contribution is -0.120. The third kappa shape index (κ3) is 4.50. The van der Waals surface area contributed by atoms with Crippen molar-refractivity contribution in [1.82, 2.24) is 9.97 Å². The third-order valence-corrected chi connectivity index (χ3v) is 5.49. The van der Waals surface area contributed by atoms with Gasteiger partial charge in [-0.25, -0.2) is 9.78 Å². The number of nitrogens with zero attached hydrogens (tertiary/aromatic N) is 3. The second-order valence-corrected chi connectivity index (χ2v) is 7.70. The lowest BCUT2D eigenvalue weighted by Gasteiger charge is -2.35. The Labute approximate surface area is 181 Å². The van der Waals surface area contributed by atoms with Crippen LogP contribution in [0.4, 0.5) is 11.5 Å². The van der Waals surface area contributed by atoms with Gasteiger partial charge in [0.2, 0.25) is 5.91 Å². The SMILES string of the molecule is CCOC(=O)c1cnc2ccccc2c1N1CCCC(C(=O)Nc2cccc(C)n2)C1. The fraction of sp³-hybridized carbons (Fsp3) is 0.333. The maximum absolute atomic E-state index is 13.0. The van der Waals surface area contributed by atoms with E-state index in [2.05, 4.69) is 20.2 Å². The van der Waals surface area contributed by atoms with E-state index in [0.717, 1.165) is 41.7 Å². The van der Waals surface area contributed by atoms with Gasteiger partial charge < -0.3 is 15.0 Å². The molecule has 0 saturated carbocycles. The predicted octanol–water partition coefficient (Wildman–Crippen LogP) is 3.97. The minimum absolute atomic E-state index is 0.0566. The fourth-order valence-corrected chi connectivity index (χ4v) is 4.06. The number of pyridine rings is 2. The van der Waals surface area contributed by atoms with E-state index < -0.39 is 5.97 Å². The first kappa shape index (κ1) is 20.8. The molecule has 1 amide bonds. The summed E-state index contributed by atoms with van der Waals surface area (Å²) in [7, 11) is 0. The Morgan fingerprint density at radius 1 is 1.19 bits per heavy atom. The first-order chi connectivity index (χ1) is 15.1. The van der Waals surface area contributed by atoms with Gasteiger partial charge in [0.15, 0.2) is 0 Å². The lowest BCUT2D eigenvalue weighted by atomic mass is 9.95. The molecule has 0 bridgehead atoms. The summed E-state index contributed by atoms with van der Waals surface area (Å²) in [6, 6.07) is 13.3. The van der Waals surface area contributed by atoms with E-state index in [9.17, 15) is 9.59 Å². The summed E-state index contributed by atoms with van der Waals surface area (Å²) in [6.45, 7) is 5.24. The number of aryl methyl sites for hydroxylation is 1. The fourth-order valence-electron chi connectivity index (χ4n) is 4.06. The van der Waals surface area contributed by atoms with Crippen molar-refractivity contribution < 1.29 is 14.3 Å². The van der Waals surface area contributed by atoms with Gasteiger partial charge in [0.25, 0.3) is 0 Å². The van der Waals surface area contributed by atoms with Crippen molar-refractivity contribution in [2.24, 2.45) is 5.92 Å². The van der Waals surface area contributed by atoms with E-state index in [1.807, 2.05) is 43.3 Å². The Morgan fingerprint density at radius 2 is 2.03 bits per heavy atom. The molecule has 1 atom stereocenters. The monoisotopic (exact) mass is 418 g/mol. The highest BCUT2D eigenvalue weighted by atomic mass is 16.5. The Balaban J connectivity index is 1.63. The average molecular weight is 418 g/mol. The number of anilines is 2. The number of piperidine rings is 1. The minimum atomic E-state index is -0.397. The van der Waals surface area contributed by atoms with Crippen molar-refractivity contribution in [3.8, 4) is 0 Å². The molecule has 1 aliphatic rings. The van der Waals surface area contributed by atoms with Crippen LogP contribution in [0.5, 0.6) is 0 Å². The molecule has 0 aliphatic carbocycles. The van der Waals surface area contributed by atoms with Crippen LogP contribution in [0.15, 0.2) is 48.7 Å². The van der Waals surface area contributed by atoms with Crippen LogP contribution in [0.25, 0.3) is 10.9 Å². The highest BCUT2D eigenvalue weighted by Crippen LogP contribution is 2.33. The Bertz CT molecular complexity index is 1110. The molecule has 3 aromatic rings. The van der Waals surface area contributed by atoms with E-state index in [-0.39, 0.29) is 11.8 Å². The van der Waals surface area contributed by atoms with E-state index in [1.165, 1.54) is 0 Å². The minimum Gasteiger partial charge on any atom is -0.462 e. The zero-order valence-electron chi connectivity index (χ0n) is 17.8. The number of amides is 1. The Kier molecular flexibility index (Phi) is 6.11. The van der Waals surface area contributed by atoms with Crippen molar-refractivity contribution in [3.63, 3.8) is 0 Å². The number of nitrogens with one attached hydrogen (secondary N) is 1. The summed E-state index contributed by atoms with van der Waals surface area (Å²) in [6.07, 6.45) is 3.21. The van der Waals surface area contributed by atoms with Crippen molar-refractivity contribution in [2.45, 2.75) is 26.7 Å². The van der Waals surface area contributed by atoms with Crippen molar-refractivity contribution in [2.75, 3.05) is 29.9 Å². The number of fused-ring (bicyclic) bond motifs is 1. The second kappa shape index (κ2) is 9.12. The number of carbonyl (C=O) groups is 2. The van der Waals surface area contributed by atoms with E-state index in [4.69, 9.17) is 4.74 Å². The maximum atomic E-state index is 13.0. The number of hydrogen-bond acceptors (Lipinski definition) is 6. The molecule has 0 radical (unpaired) electrons. The maximum Gasteiger partial charge on any atom is 0.341 e. The molecule has 31 heavy (non-hydrogen) atoms. The molecule has 7 heteroatoms. The summed E-state index contributed by atoms with van der Waals surface area (Å²) in [5.41, 5.74) is 2.88.